The molecule has 0 spiro atoms. The molecule has 4 heteroatoms. The van der Waals surface area contributed by atoms with E-state index in [1.807, 2.05) is 13.8 Å². The second-order valence-corrected chi connectivity index (χ2v) is 3.37. The van der Waals surface area contributed by atoms with Crippen LogP contribution in [0.15, 0.2) is 0 Å². The average molecular weight is 192 g/mol. The van der Waals surface area contributed by atoms with E-state index < -0.39 is 24.9 Å². The molecule has 13 heavy (non-hydrogen) atoms. The Morgan fingerprint density at radius 1 is 1.15 bits per heavy atom. The van der Waals surface area contributed by atoms with E-state index in [0.717, 1.165) is 0 Å². The van der Waals surface area contributed by atoms with E-state index in [0.29, 0.717) is 6.42 Å². The van der Waals surface area contributed by atoms with Gasteiger partial charge in [0.15, 0.2) is 0 Å². The fraction of sp³-hybridized carbons (Fsp3) is 1.00. The molecule has 0 saturated carbocycles. The summed E-state index contributed by atoms with van der Waals surface area (Å²) in [5, 5.41) is 27.5. The summed E-state index contributed by atoms with van der Waals surface area (Å²) in [6.45, 7) is 5.04. The fourth-order valence-electron chi connectivity index (χ4n) is 1.09. The standard InChI is InChI=1S/C9H20O4/c1-4-7(11)9(8(12)5-10)13-6(2)3/h6-12H,4-5H2,1-3H3. The van der Waals surface area contributed by atoms with Gasteiger partial charge in [0.2, 0.25) is 0 Å². The van der Waals surface area contributed by atoms with Crippen molar-refractivity contribution in [3.63, 3.8) is 0 Å². The Morgan fingerprint density at radius 2 is 1.69 bits per heavy atom. The Labute approximate surface area is 79.2 Å². The number of hydrogen-bond donors (Lipinski definition) is 3. The third kappa shape index (κ3) is 4.57. The molecular formula is C9H20O4. The van der Waals surface area contributed by atoms with Crippen LogP contribution in [-0.4, -0.2) is 46.3 Å². The summed E-state index contributed by atoms with van der Waals surface area (Å²) >= 11 is 0. The van der Waals surface area contributed by atoms with Gasteiger partial charge in [0.05, 0.1) is 18.8 Å². The van der Waals surface area contributed by atoms with Crippen LogP contribution in [0.3, 0.4) is 0 Å². The number of hydrogen-bond acceptors (Lipinski definition) is 4. The van der Waals surface area contributed by atoms with Crippen molar-refractivity contribution in [1.29, 1.82) is 0 Å². The largest absolute Gasteiger partial charge is 0.394 e. The highest BCUT2D eigenvalue weighted by Crippen LogP contribution is 2.10. The summed E-state index contributed by atoms with van der Waals surface area (Å²) in [5.41, 5.74) is 0. The van der Waals surface area contributed by atoms with Crippen LogP contribution >= 0.6 is 0 Å². The first-order valence-electron chi connectivity index (χ1n) is 4.65. The predicted octanol–water partition coefficient (Wildman–Crippen LogP) is -0.0959. The quantitative estimate of drug-likeness (QED) is 0.550. The van der Waals surface area contributed by atoms with Gasteiger partial charge in [-0.15, -0.1) is 0 Å². The molecule has 0 aliphatic carbocycles. The highest BCUT2D eigenvalue weighted by molar-refractivity contribution is 4.76. The maximum absolute atomic E-state index is 9.47. The van der Waals surface area contributed by atoms with Gasteiger partial charge in [0.1, 0.15) is 12.2 Å². The van der Waals surface area contributed by atoms with Crippen LogP contribution in [0.2, 0.25) is 0 Å². The molecule has 3 N–H and O–H groups in total. The molecular weight excluding hydrogens is 172 g/mol. The molecule has 80 valence electrons. The summed E-state index contributed by atoms with van der Waals surface area (Å²) in [6, 6.07) is 0. The minimum absolute atomic E-state index is 0.0765. The smallest absolute Gasteiger partial charge is 0.112 e. The van der Waals surface area contributed by atoms with Crippen molar-refractivity contribution in [2.75, 3.05) is 6.61 Å². The molecule has 4 nitrogen and oxygen atoms in total. The zero-order valence-corrected chi connectivity index (χ0v) is 8.47. The Kier molecular flexibility index (Phi) is 6.24. The molecule has 0 saturated heterocycles. The van der Waals surface area contributed by atoms with Gasteiger partial charge in [-0.25, -0.2) is 0 Å². The van der Waals surface area contributed by atoms with Crippen molar-refractivity contribution >= 4 is 0 Å². The van der Waals surface area contributed by atoms with Crippen LogP contribution in [-0.2, 0) is 4.74 Å². The van der Waals surface area contributed by atoms with E-state index in [-0.39, 0.29) is 6.10 Å². The maximum atomic E-state index is 9.47. The van der Waals surface area contributed by atoms with Crippen LogP contribution in [0.4, 0.5) is 0 Å². The lowest BCUT2D eigenvalue weighted by atomic mass is 10.1. The van der Waals surface area contributed by atoms with E-state index >= 15 is 0 Å². The van der Waals surface area contributed by atoms with Crippen molar-refractivity contribution in [1.82, 2.24) is 0 Å². The zero-order valence-electron chi connectivity index (χ0n) is 8.47. The highest BCUT2D eigenvalue weighted by Gasteiger charge is 2.26. The SMILES string of the molecule is CCC(O)C(OC(C)C)C(O)CO. The van der Waals surface area contributed by atoms with Gasteiger partial charge in [-0.3, -0.25) is 0 Å². The lowest BCUT2D eigenvalue weighted by molar-refractivity contribution is -0.131. The molecule has 0 bridgehead atoms. The van der Waals surface area contributed by atoms with Crippen molar-refractivity contribution < 1.29 is 20.1 Å². The number of aliphatic hydroxyl groups excluding tert-OH is 3. The molecule has 0 aliphatic heterocycles. The summed E-state index contributed by atoms with van der Waals surface area (Å²) in [7, 11) is 0. The van der Waals surface area contributed by atoms with Crippen molar-refractivity contribution in [3.8, 4) is 0 Å². The molecule has 0 aromatic carbocycles. The monoisotopic (exact) mass is 192 g/mol. The Balaban J connectivity index is 4.17. The molecule has 0 rings (SSSR count). The molecule has 0 aliphatic rings. The molecule has 0 heterocycles. The summed E-state index contributed by atoms with van der Waals surface area (Å²) < 4.78 is 5.30. The van der Waals surface area contributed by atoms with Crippen molar-refractivity contribution in [2.24, 2.45) is 0 Å². The highest BCUT2D eigenvalue weighted by atomic mass is 16.5. The van der Waals surface area contributed by atoms with E-state index in [1.54, 1.807) is 6.92 Å². The first kappa shape index (κ1) is 12.8. The lowest BCUT2D eigenvalue weighted by Gasteiger charge is -2.27. The Morgan fingerprint density at radius 3 is 2.00 bits per heavy atom. The third-order valence-corrected chi connectivity index (χ3v) is 1.79. The second kappa shape index (κ2) is 6.32. The minimum Gasteiger partial charge on any atom is -0.394 e. The van der Waals surface area contributed by atoms with Crippen molar-refractivity contribution in [3.05, 3.63) is 0 Å². The van der Waals surface area contributed by atoms with E-state index in [2.05, 4.69) is 0 Å². The molecule has 0 aromatic rings. The van der Waals surface area contributed by atoms with Gasteiger partial charge in [-0.2, -0.15) is 0 Å². The number of aliphatic hydroxyl groups is 3. The zero-order chi connectivity index (χ0) is 10.4. The first-order valence-corrected chi connectivity index (χ1v) is 4.65. The van der Waals surface area contributed by atoms with Crippen LogP contribution in [0, 0.1) is 0 Å². The predicted molar refractivity (Wildman–Crippen MR) is 49.4 cm³/mol. The third-order valence-electron chi connectivity index (χ3n) is 1.79. The topological polar surface area (TPSA) is 69.9 Å². The molecule has 0 fully saturated rings. The van der Waals surface area contributed by atoms with Crippen LogP contribution in [0.5, 0.6) is 0 Å². The van der Waals surface area contributed by atoms with E-state index in [9.17, 15) is 10.2 Å². The van der Waals surface area contributed by atoms with E-state index in [1.165, 1.54) is 0 Å². The van der Waals surface area contributed by atoms with Crippen LogP contribution in [0.25, 0.3) is 0 Å². The van der Waals surface area contributed by atoms with E-state index in [4.69, 9.17) is 9.84 Å². The average Bonchev–Trinajstić information content (AvgIpc) is 2.11. The Hall–Kier alpha value is -0.160. The maximum Gasteiger partial charge on any atom is 0.112 e. The molecule has 3 atom stereocenters. The van der Waals surface area contributed by atoms with Gasteiger partial charge < -0.3 is 20.1 Å². The Bertz CT molecular complexity index is 117. The molecule has 0 aromatic heterocycles. The molecule has 0 amide bonds. The summed E-state index contributed by atoms with van der Waals surface area (Å²) in [4.78, 5) is 0. The lowest BCUT2D eigenvalue weighted by Crippen LogP contribution is -2.42. The van der Waals surface area contributed by atoms with Gasteiger partial charge in [0.25, 0.3) is 0 Å². The van der Waals surface area contributed by atoms with Crippen LogP contribution < -0.4 is 0 Å². The van der Waals surface area contributed by atoms with Crippen LogP contribution in [0.1, 0.15) is 27.2 Å². The van der Waals surface area contributed by atoms with Gasteiger partial charge in [-0.05, 0) is 20.3 Å². The minimum atomic E-state index is -1.02. The molecule has 0 radical (unpaired) electrons. The van der Waals surface area contributed by atoms with Crippen molar-refractivity contribution in [2.45, 2.75) is 51.6 Å². The van der Waals surface area contributed by atoms with Gasteiger partial charge in [-0.1, -0.05) is 6.92 Å². The molecule has 3 unspecified atom stereocenters. The first-order chi connectivity index (χ1) is 6.02. The van der Waals surface area contributed by atoms with Gasteiger partial charge >= 0.3 is 0 Å². The second-order valence-electron chi connectivity index (χ2n) is 3.37. The summed E-state index contributed by atoms with van der Waals surface area (Å²) in [6.07, 6.45) is -2.03. The number of rotatable bonds is 6. The fourth-order valence-corrected chi connectivity index (χ4v) is 1.09. The summed E-state index contributed by atoms with van der Waals surface area (Å²) in [5.74, 6) is 0. The normalized spacial score (nSPS) is 18.7. The number of ether oxygens (including phenoxy) is 1. The van der Waals surface area contributed by atoms with Gasteiger partial charge in [0, 0.05) is 0 Å².